The number of hydrogen-bond acceptors (Lipinski definition) is 3. The molecule has 0 saturated heterocycles. The molecule has 162 valence electrons. The molecule has 0 spiro atoms. The summed E-state index contributed by atoms with van der Waals surface area (Å²) in [4.78, 5) is 27.4. The van der Waals surface area contributed by atoms with Gasteiger partial charge in [-0.15, -0.1) is 0 Å². The Morgan fingerprint density at radius 1 is 1.03 bits per heavy atom. The lowest BCUT2D eigenvalue weighted by molar-refractivity contribution is -0.142. The number of benzene rings is 2. The third-order valence-corrected chi connectivity index (χ3v) is 5.46. The lowest BCUT2D eigenvalue weighted by Gasteiger charge is -2.30. The monoisotopic (exact) mass is 410 g/mol. The first kappa shape index (κ1) is 23.5. The third-order valence-electron chi connectivity index (χ3n) is 5.46. The molecule has 2 amide bonds. The van der Waals surface area contributed by atoms with Gasteiger partial charge in [0, 0.05) is 12.6 Å². The van der Waals surface area contributed by atoms with Crippen molar-refractivity contribution >= 4 is 11.8 Å². The van der Waals surface area contributed by atoms with Crippen LogP contribution in [-0.4, -0.2) is 35.4 Å². The first-order valence-electron chi connectivity index (χ1n) is 10.7. The van der Waals surface area contributed by atoms with Gasteiger partial charge in [-0.3, -0.25) is 9.59 Å². The molecule has 2 rings (SSSR count). The number of amides is 2. The second kappa shape index (κ2) is 11.4. The number of rotatable bonds is 10. The molecular formula is C25H34N2O3. The fourth-order valence-electron chi connectivity index (χ4n) is 3.07. The van der Waals surface area contributed by atoms with Gasteiger partial charge in [-0.25, -0.2) is 0 Å². The Labute approximate surface area is 180 Å². The molecular weight excluding hydrogens is 376 g/mol. The van der Waals surface area contributed by atoms with Gasteiger partial charge in [0.1, 0.15) is 11.8 Å². The van der Waals surface area contributed by atoms with E-state index < -0.39 is 6.04 Å². The second-order valence-corrected chi connectivity index (χ2v) is 7.73. The summed E-state index contributed by atoms with van der Waals surface area (Å²) in [6.07, 6.45) is 1.79. The number of carbonyl (C=O) groups excluding carboxylic acids is 2. The van der Waals surface area contributed by atoms with E-state index in [1.165, 1.54) is 5.56 Å². The molecule has 0 heterocycles. The molecule has 5 heteroatoms. The quantitative estimate of drug-likeness (QED) is 0.636. The van der Waals surface area contributed by atoms with Crippen LogP contribution in [0.15, 0.2) is 48.5 Å². The Morgan fingerprint density at radius 3 is 2.30 bits per heavy atom. The van der Waals surface area contributed by atoms with Crippen LogP contribution in [0.2, 0.25) is 0 Å². The molecule has 5 nitrogen and oxygen atoms in total. The first-order chi connectivity index (χ1) is 14.3. The van der Waals surface area contributed by atoms with Crippen molar-refractivity contribution < 1.29 is 14.3 Å². The van der Waals surface area contributed by atoms with Gasteiger partial charge in [-0.1, -0.05) is 50.2 Å². The fraction of sp³-hybridized carbons (Fsp3) is 0.440. The number of hydrogen-bond donors (Lipinski definition) is 1. The van der Waals surface area contributed by atoms with E-state index in [2.05, 4.69) is 12.2 Å². The van der Waals surface area contributed by atoms with Crippen molar-refractivity contribution in [3.05, 3.63) is 65.2 Å². The zero-order valence-electron chi connectivity index (χ0n) is 18.8. The van der Waals surface area contributed by atoms with Crippen molar-refractivity contribution in [1.29, 1.82) is 0 Å². The molecule has 2 unspecified atom stereocenters. The summed E-state index contributed by atoms with van der Waals surface area (Å²) in [6, 6.07) is 15.1. The predicted molar refractivity (Wildman–Crippen MR) is 120 cm³/mol. The molecule has 0 bridgehead atoms. The van der Waals surface area contributed by atoms with Crippen LogP contribution in [0.5, 0.6) is 5.75 Å². The largest absolute Gasteiger partial charge is 0.484 e. The van der Waals surface area contributed by atoms with Gasteiger partial charge in [0.25, 0.3) is 5.91 Å². The number of aryl methyl sites for hydroxylation is 2. The van der Waals surface area contributed by atoms with Crippen LogP contribution in [0.3, 0.4) is 0 Å². The second-order valence-electron chi connectivity index (χ2n) is 7.73. The molecule has 2 atom stereocenters. The molecule has 0 aliphatic rings. The highest BCUT2D eigenvalue weighted by molar-refractivity contribution is 5.88. The maximum Gasteiger partial charge on any atom is 0.261 e. The lowest BCUT2D eigenvalue weighted by Crippen LogP contribution is -2.50. The molecule has 0 fully saturated rings. The zero-order chi connectivity index (χ0) is 22.1. The third kappa shape index (κ3) is 6.61. The molecule has 0 radical (unpaired) electrons. The first-order valence-corrected chi connectivity index (χ1v) is 10.7. The molecule has 2 aromatic carbocycles. The average Bonchev–Trinajstić information content (AvgIpc) is 2.76. The van der Waals surface area contributed by atoms with E-state index in [9.17, 15) is 9.59 Å². The summed E-state index contributed by atoms with van der Waals surface area (Å²) in [5, 5.41) is 2.98. The summed E-state index contributed by atoms with van der Waals surface area (Å²) in [7, 11) is 0. The van der Waals surface area contributed by atoms with E-state index in [1.54, 1.807) is 11.8 Å². The Bertz CT molecular complexity index is 833. The topological polar surface area (TPSA) is 58.6 Å². The summed E-state index contributed by atoms with van der Waals surface area (Å²) >= 11 is 0. The van der Waals surface area contributed by atoms with Gasteiger partial charge in [0.15, 0.2) is 6.61 Å². The molecule has 2 aromatic rings. The minimum Gasteiger partial charge on any atom is -0.484 e. The van der Waals surface area contributed by atoms with E-state index >= 15 is 0 Å². The van der Waals surface area contributed by atoms with Crippen molar-refractivity contribution in [2.24, 2.45) is 0 Å². The maximum atomic E-state index is 13.1. The maximum absolute atomic E-state index is 13.1. The van der Waals surface area contributed by atoms with Gasteiger partial charge in [-0.05, 0) is 62.4 Å². The molecule has 1 N–H and O–H groups in total. The van der Waals surface area contributed by atoms with Gasteiger partial charge >= 0.3 is 0 Å². The van der Waals surface area contributed by atoms with Crippen molar-refractivity contribution in [2.45, 2.75) is 66.1 Å². The van der Waals surface area contributed by atoms with Crippen molar-refractivity contribution in [3.63, 3.8) is 0 Å². The highest BCUT2D eigenvalue weighted by atomic mass is 16.5. The Balaban J connectivity index is 2.14. The van der Waals surface area contributed by atoms with E-state index in [1.807, 2.05) is 69.3 Å². The Hall–Kier alpha value is -2.82. The van der Waals surface area contributed by atoms with Crippen LogP contribution < -0.4 is 10.1 Å². The van der Waals surface area contributed by atoms with Crippen LogP contribution in [0.1, 0.15) is 50.8 Å². The van der Waals surface area contributed by atoms with Crippen LogP contribution in [0.25, 0.3) is 0 Å². The number of nitrogens with one attached hydrogen (secondary N) is 1. The summed E-state index contributed by atoms with van der Waals surface area (Å²) in [6.45, 7) is 10.1. The number of carbonyl (C=O) groups is 2. The Kier molecular flexibility index (Phi) is 8.90. The molecule has 0 aromatic heterocycles. The van der Waals surface area contributed by atoms with Gasteiger partial charge in [0.2, 0.25) is 5.91 Å². The van der Waals surface area contributed by atoms with Crippen molar-refractivity contribution in [2.75, 3.05) is 6.61 Å². The van der Waals surface area contributed by atoms with E-state index in [4.69, 9.17) is 4.74 Å². The highest BCUT2D eigenvalue weighted by Crippen LogP contribution is 2.16. The number of nitrogens with zero attached hydrogens (tertiary/aromatic N) is 1. The van der Waals surface area contributed by atoms with Crippen LogP contribution >= 0.6 is 0 Å². The van der Waals surface area contributed by atoms with E-state index in [-0.39, 0.29) is 24.5 Å². The number of ether oxygens (including phenoxy) is 1. The van der Waals surface area contributed by atoms with E-state index in [0.717, 1.165) is 24.0 Å². The molecule has 0 aliphatic carbocycles. The van der Waals surface area contributed by atoms with Crippen molar-refractivity contribution in [1.82, 2.24) is 10.2 Å². The molecule has 30 heavy (non-hydrogen) atoms. The smallest absolute Gasteiger partial charge is 0.261 e. The van der Waals surface area contributed by atoms with E-state index in [0.29, 0.717) is 12.3 Å². The predicted octanol–water partition coefficient (Wildman–Crippen LogP) is 4.27. The minimum absolute atomic E-state index is 0.0590. The summed E-state index contributed by atoms with van der Waals surface area (Å²) < 4.78 is 5.73. The highest BCUT2D eigenvalue weighted by Gasteiger charge is 2.27. The lowest BCUT2D eigenvalue weighted by atomic mass is 10.1. The summed E-state index contributed by atoms with van der Waals surface area (Å²) in [5.74, 6) is 0.274. The average molecular weight is 411 g/mol. The van der Waals surface area contributed by atoms with Crippen molar-refractivity contribution in [3.8, 4) is 5.75 Å². The normalized spacial score (nSPS) is 12.7. The minimum atomic E-state index is -0.600. The van der Waals surface area contributed by atoms with Gasteiger partial charge < -0.3 is 15.0 Å². The van der Waals surface area contributed by atoms with Crippen LogP contribution in [0, 0.1) is 6.92 Å². The summed E-state index contributed by atoms with van der Waals surface area (Å²) in [5.41, 5.74) is 3.31. The van der Waals surface area contributed by atoms with Crippen LogP contribution in [0.4, 0.5) is 0 Å². The van der Waals surface area contributed by atoms with Gasteiger partial charge in [-0.2, -0.15) is 0 Å². The Morgan fingerprint density at radius 2 is 1.70 bits per heavy atom. The molecule has 0 saturated carbocycles. The zero-order valence-corrected chi connectivity index (χ0v) is 18.8. The SMILES string of the molecule is CCc1ccc(OCC(=O)N(Cc2ccccc2C)C(C)C(=O)NC(C)CC)cc1. The van der Waals surface area contributed by atoms with Crippen LogP contribution in [-0.2, 0) is 22.6 Å². The standard InChI is InChI=1S/C25H34N2O3/c1-6-19(4)26-25(29)20(5)27(16-22-11-9-8-10-18(22)3)24(28)17-30-23-14-12-21(7-2)13-15-23/h8-15,19-20H,6-7,16-17H2,1-5H3,(H,26,29). The van der Waals surface area contributed by atoms with Gasteiger partial charge in [0.05, 0.1) is 0 Å². The molecule has 0 aliphatic heterocycles. The fourth-order valence-corrected chi connectivity index (χ4v) is 3.07.